The first kappa shape index (κ1) is 11.3. The standard InChI is InChI=1S/C13H16N2O4/c16-11(17)10-12(18)19-14-15(10)13-4-7-1-8(5-13)3-9(2-7)6-13/h7-9H,1-6H2,(H-,14,16,17,18)/p+1. The summed E-state index contributed by atoms with van der Waals surface area (Å²) in [5.41, 5.74) is -1.25. The van der Waals surface area contributed by atoms with Crippen molar-refractivity contribution < 1.29 is 19.1 Å². The first-order valence-corrected chi connectivity index (χ1v) is 6.95. The fourth-order valence-corrected chi connectivity index (χ4v) is 5.13. The zero-order chi connectivity index (χ0) is 13.2. The van der Waals surface area contributed by atoms with Gasteiger partial charge in [-0.1, -0.05) is 4.68 Å². The van der Waals surface area contributed by atoms with Crippen LogP contribution in [0, 0.1) is 17.8 Å². The molecule has 0 radical (unpaired) electrons. The lowest BCUT2D eigenvalue weighted by molar-refractivity contribution is -0.833. The Bertz CT molecular complexity index is 565. The van der Waals surface area contributed by atoms with Crippen LogP contribution in [0.4, 0.5) is 0 Å². The number of H-pyrrole nitrogens is 1. The summed E-state index contributed by atoms with van der Waals surface area (Å²) < 4.78 is 6.28. The maximum absolute atomic E-state index is 11.6. The molecule has 1 heterocycles. The molecule has 0 spiro atoms. The van der Waals surface area contributed by atoms with Crippen molar-refractivity contribution >= 4 is 5.97 Å². The van der Waals surface area contributed by atoms with Gasteiger partial charge < -0.3 is 5.11 Å². The molecule has 0 atom stereocenters. The number of nitrogens with zero attached hydrogens (tertiary/aromatic N) is 1. The van der Waals surface area contributed by atoms with E-state index in [-0.39, 0.29) is 11.2 Å². The van der Waals surface area contributed by atoms with Gasteiger partial charge in [0, 0.05) is 19.3 Å². The summed E-state index contributed by atoms with van der Waals surface area (Å²) in [6.45, 7) is 0. The van der Waals surface area contributed by atoms with Gasteiger partial charge in [-0.2, -0.15) is 0 Å². The van der Waals surface area contributed by atoms with Crippen LogP contribution in [-0.2, 0) is 5.54 Å². The molecule has 0 amide bonds. The second-order valence-electron chi connectivity index (χ2n) is 6.61. The molecule has 6 nitrogen and oxygen atoms in total. The van der Waals surface area contributed by atoms with E-state index in [0.29, 0.717) is 17.8 Å². The Morgan fingerprint density at radius 1 is 1.21 bits per heavy atom. The molecule has 4 fully saturated rings. The molecule has 4 aliphatic rings. The number of aromatic amines is 1. The molecule has 1 aromatic heterocycles. The molecule has 1 aromatic rings. The number of aromatic carboxylic acids is 1. The Hall–Kier alpha value is -1.59. The van der Waals surface area contributed by atoms with E-state index >= 15 is 0 Å². The molecule has 4 aliphatic carbocycles. The van der Waals surface area contributed by atoms with Gasteiger partial charge in [-0.05, 0) is 42.3 Å². The number of carbonyl (C=O) groups is 1. The monoisotopic (exact) mass is 265 g/mol. The van der Waals surface area contributed by atoms with E-state index in [2.05, 4.69) is 5.27 Å². The van der Waals surface area contributed by atoms with E-state index in [0.717, 1.165) is 19.3 Å². The highest BCUT2D eigenvalue weighted by Crippen LogP contribution is 2.56. The minimum atomic E-state index is -1.20. The van der Waals surface area contributed by atoms with E-state index in [4.69, 9.17) is 4.52 Å². The summed E-state index contributed by atoms with van der Waals surface area (Å²) >= 11 is 0. The minimum absolute atomic E-state index is 0.228. The summed E-state index contributed by atoms with van der Waals surface area (Å²) in [6.07, 6.45) is 6.72. The second-order valence-corrected chi connectivity index (χ2v) is 6.61. The van der Waals surface area contributed by atoms with Crippen molar-refractivity contribution in [2.24, 2.45) is 17.8 Å². The van der Waals surface area contributed by atoms with Crippen LogP contribution in [0.15, 0.2) is 9.32 Å². The van der Waals surface area contributed by atoms with Crippen LogP contribution >= 0.6 is 0 Å². The molecule has 19 heavy (non-hydrogen) atoms. The van der Waals surface area contributed by atoms with Gasteiger partial charge in [0.05, 0.1) is 0 Å². The van der Waals surface area contributed by atoms with E-state index in [1.165, 1.54) is 23.9 Å². The van der Waals surface area contributed by atoms with Crippen LogP contribution in [-0.4, -0.2) is 16.3 Å². The van der Waals surface area contributed by atoms with Gasteiger partial charge in [-0.25, -0.2) is 9.59 Å². The second kappa shape index (κ2) is 3.49. The highest BCUT2D eigenvalue weighted by atomic mass is 16.5. The fraction of sp³-hybridized carbons (Fsp3) is 0.769. The predicted octanol–water partition coefficient (Wildman–Crippen LogP) is 0.879. The van der Waals surface area contributed by atoms with Crippen LogP contribution in [0.2, 0.25) is 0 Å². The number of rotatable bonds is 2. The molecular formula is C13H17N2O4+. The zero-order valence-electron chi connectivity index (χ0n) is 10.6. The third kappa shape index (κ3) is 1.45. The van der Waals surface area contributed by atoms with Crippen LogP contribution in [0.25, 0.3) is 0 Å². The highest BCUT2D eigenvalue weighted by Gasteiger charge is 2.59. The summed E-state index contributed by atoms with van der Waals surface area (Å²) in [7, 11) is 0. The minimum Gasteiger partial charge on any atom is -0.473 e. The molecule has 6 heteroatoms. The van der Waals surface area contributed by atoms with Crippen LogP contribution in [0.1, 0.15) is 49.0 Å². The van der Waals surface area contributed by atoms with Gasteiger partial charge in [-0.15, -0.1) is 0 Å². The Labute approximate surface area is 109 Å². The number of carboxylic acids is 1. The lowest BCUT2D eigenvalue weighted by Gasteiger charge is -2.52. The van der Waals surface area contributed by atoms with E-state index in [9.17, 15) is 14.7 Å². The molecule has 102 valence electrons. The third-order valence-electron chi connectivity index (χ3n) is 5.33. The number of hydrogen-bond acceptors (Lipinski definition) is 3. The molecule has 0 unspecified atom stereocenters. The van der Waals surface area contributed by atoms with E-state index in [1.54, 1.807) is 0 Å². The lowest BCUT2D eigenvalue weighted by atomic mass is 9.53. The van der Waals surface area contributed by atoms with Crippen LogP contribution in [0.3, 0.4) is 0 Å². The van der Waals surface area contributed by atoms with Crippen molar-refractivity contribution in [1.29, 1.82) is 0 Å². The van der Waals surface area contributed by atoms with Crippen molar-refractivity contribution in [3.63, 3.8) is 0 Å². The van der Waals surface area contributed by atoms with Crippen LogP contribution < -0.4 is 10.3 Å². The first-order chi connectivity index (χ1) is 9.07. The lowest BCUT2D eigenvalue weighted by Crippen LogP contribution is -2.67. The van der Waals surface area contributed by atoms with Crippen LogP contribution in [0.5, 0.6) is 0 Å². The normalized spacial score (nSPS) is 39.7. The van der Waals surface area contributed by atoms with Gasteiger partial charge in [0.2, 0.25) is 0 Å². The van der Waals surface area contributed by atoms with E-state index in [1.807, 2.05) is 0 Å². The first-order valence-electron chi connectivity index (χ1n) is 6.95. The highest BCUT2D eigenvalue weighted by molar-refractivity contribution is 5.82. The van der Waals surface area contributed by atoms with Crippen molar-refractivity contribution in [3.8, 4) is 0 Å². The van der Waals surface area contributed by atoms with E-state index < -0.39 is 11.6 Å². The molecule has 2 N–H and O–H groups in total. The molecule has 0 aromatic carbocycles. The summed E-state index contributed by atoms with van der Waals surface area (Å²) in [4.78, 5) is 22.9. The largest absolute Gasteiger partial charge is 0.473 e. The number of nitrogens with one attached hydrogen (secondary N) is 1. The number of hydrogen-bond donors (Lipinski definition) is 2. The number of carboxylic acid groups (broad SMARTS) is 1. The average molecular weight is 265 g/mol. The zero-order valence-corrected chi connectivity index (χ0v) is 10.6. The Morgan fingerprint density at radius 2 is 1.74 bits per heavy atom. The van der Waals surface area contributed by atoms with Gasteiger partial charge in [0.25, 0.3) is 0 Å². The summed E-state index contributed by atoms with van der Waals surface area (Å²) in [5, 5.41) is 11.8. The predicted molar refractivity (Wildman–Crippen MR) is 62.6 cm³/mol. The van der Waals surface area contributed by atoms with Gasteiger partial charge in [0.1, 0.15) is 0 Å². The summed E-state index contributed by atoms with van der Waals surface area (Å²) in [6, 6.07) is 0. The Kier molecular flexibility index (Phi) is 2.07. The SMILES string of the molecule is O=C(O)c1c(=O)o[nH][n+]1C12CC3CC(CC(C3)C1)C2. The van der Waals surface area contributed by atoms with Gasteiger partial charge in [-0.3, -0.25) is 4.52 Å². The molecule has 0 aliphatic heterocycles. The smallest absolute Gasteiger partial charge is 0.442 e. The maximum atomic E-state index is 11.6. The van der Waals surface area contributed by atoms with Crippen molar-refractivity contribution in [2.45, 2.75) is 44.1 Å². The Balaban J connectivity index is 1.84. The molecule has 4 saturated carbocycles. The van der Waals surface area contributed by atoms with Gasteiger partial charge in [0.15, 0.2) is 5.54 Å². The number of aromatic nitrogens is 2. The fourth-order valence-electron chi connectivity index (χ4n) is 5.13. The third-order valence-corrected chi connectivity index (χ3v) is 5.33. The van der Waals surface area contributed by atoms with Crippen molar-refractivity contribution in [3.05, 3.63) is 16.1 Å². The van der Waals surface area contributed by atoms with Crippen molar-refractivity contribution in [1.82, 2.24) is 5.27 Å². The Morgan fingerprint density at radius 3 is 2.21 bits per heavy atom. The molecule has 4 bridgehead atoms. The average Bonchev–Trinajstić information content (AvgIpc) is 2.70. The molecular weight excluding hydrogens is 248 g/mol. The summed E-state index contributed by atoms with van der Waals surface area (Å²) in [5.74, 6) is 0.835. The molecule has 5 rings (SSSR count). The molecule has 0 saturated heterocycles. The quantitative estimate of drug-likeness (QED) is 0.777. The van der Waals surface area contributed by atoms with Gasteiger partial charge >= 0.3 is 17.3 Å². The topological polar surface area (TPSA) is 87.2 Å². The van der Waals surface area contributed by atoms with Crippen molar-refractivity contribution in [2.75, 3.05) is 0 Å². The maximum Gasteiger partial charge on any atom is 0.442 e.